The first-order chi connectivity index (χ1) is 17.5. The lowest BCUT2D eigenvalue weighted by atomic mass is 9.88. The second kappa shape index (κ2) is 10.6. The maximum atomic E-state index is 13.9. The first-order valence-corrected chi connectivity index (χ1v) is 13.1. The van der Waals surface area contributed by atoms with Crippen LogP contribution >= 0.6 is 23.1 Å². The highest BCUT2D eigenvalue weighted by Gasteiger charge is 2.39. The zero-order valence-electron chi connectivity index (χ0n) is 20.1. The van der Waals surface area contributed by atoms with Crippen LogP contribution in [0.5, 0.6) is 0 Å². The van der Waals surface area contributed by atoms with Crippen LogP contribution in [0, 0.1) is 6.92 Å². The minimum absolute atomic E-state index is 0.0462. The van der Waals surface area contributed by atoms with E-state index in [0.29, 0.717) is 22.4 Å². The van der Waals surface area contributed by atoms with Crippen molar-refractivity contribution in [3.8, 4) is 11.3 Å². The summed E-state index contributed by atoms with van der Waals surface area (Å²) in [6, 6.07) is 7.14. The minimum atomic E-state index is -4.68. The third-order valence-electron chi connectivity index (χ3n) is 5.70. The van der Waals surface area contributed by atoms with Crippen LogP contribution in [0.1, 0.15) is 56.3 Å². The monoisotopic (exact) mass is 549 g/mol. The molecular weight excluding hydrogens is 527 g/mol. The van der Waals surface area contributed by atoms with Crippen LogP contribution in [0.3, 0.4) is 0 Å². The number of amides is 1. The van der Waals surface area contributed by atoms with Crippen molar-refractivity contribution in [1.82, 2.24) is 9.97 Å². The van der Waals surface area contributed by atoms with Crippen molar-refractivity contribution >= 4 is 45.8 Å². The third-order valence-corrected chi connectivity index (χ3v) is 7.86. The lowest BCUT2D eigenvalue weighted by Crippen LogP contribution is -2.19. The number of anilines is 1. The molecule has 0 radical (unpaired) electrons. The first kappa shape index (κ1) is 26.8. The molecule has 1 amide bonds. The van der Waals surface area contributed by atoms with E-state index in [1.54, 1.807) is 26.0 Å². The summed E-state index contributed by atoms with van der Waals surface area (Å²) in [6.45, 7) is 4.67. The van der Waals surface area contributed by atoms with Gasteiger partial charge in [0.25, 0.3) is 0 Å². The number of aryl methyl sites for hydroxylation is 1. The Labute approximate surface area is 218 Å². The Morgan fingerprint density at radius 2 is 1.89 bits per heavy atom. The zero-order chi connectivity index (χ0) is 26.9. The van der Waals surface area contributed by atoms with Crippen molar-refractivity contribution < 1.29 is 32.3 Å². The van der Waals surface area contributed by atoms with Gasteiger partial charge in [0.05, 0.1) is 28.5 Å². The van der Waals surface area contributed by atoms with E-state index in [2.05, 4.69) is 15.3 Å². The summed E-state index contributed by atoms with van der Waals surface area (Å²) in [5, 5.41) is 2.54. The molecule has 1 N–H and O–H groups in total. The largest absolute Gasteiger partial charge is 0.462 e. The zero-order valence-corrected chi connectivity index (χ0v) is 21.7. The van der Waals surface area contributed by atoms with E-state index in [1.165, 1.54) is 6.92 Å². The average molecular weight is 550 g/mol. The molecular formula is C25H22F3N3O4S2. The smallest absolute Gasteiger partial charge is 0.433 e. The fourth-order valence-corrected chi connectivity index (χ4v) is 5.88. The molecule has 0 atom stereocenters. The summed E-state index contributed by atoms with van der Waals surface area (Å²) in [5.74, 6) is -1.86. The normalized spacial score (nSPS) is 12.5. The number of ether oxygens (including phenoxy) is 1. The summed E-state index contributed by atoms with van der Waals surface area (Å²) in [6.07, 6.45) is -4.06. The van der Waals surface area contributed by atoms with Gasteiger partial charge in [0, 0.05) is 11.1 Å². The van der Waals surface area contributed by atoms with E-state index in [1.807, 2.05) is 12.1 Å². The Hall–Kier alpha value is -3.25. The van der Waals surface area contributed by atoms with Gasteiger partial charge in [-0.25, -0.2) is 14.8 Å². The van der Waals surface area contributed by atoms with Crippen molar-refractivity contribution in [3.05, 3.63) is 57.1 Å². The number of thioether (sulfide) groups is 1. The molecule has 4 rings (SSSR count). The summed E-state index contributed by atoms with van der Waals surface area (Å²) < 4.78 is 46.6. The Morgan fingerprint density at radius 1 is 1.16 bits per heavy atom. The van der Waals surface area contributed by atoms with E-state index in [0.717, 1.165) is 28.7 Å². The lowest BCUT2D eigenvalue weighted by Gasteiger charge is -2.22. The molecule has 1 aromatic carbocycles. The molecule has 0 fully saturated rings. The van der Waals surface area contributed by atoms with Crippen LogP contribution in [0.25, 0.3) is 11.3 Å². The number of alkyl halides is 3. The van der Waals surface area contributed by atoms with Crippen molar-refractivity contribution in [2.45, 2.75) is 44.9 Å². The number of rotatable bonds is 7. The number of hydrogen-bond acceptors (Lipinski definition) is 8. The SMILES string of the molecule is CCOC(=O)c1c(NC(=O)CSc2nc3c(c(C(F)(F)F)n2)CCc2ccccc2-3)sc(C(C)=O)c1C. The summed E-state index contributed by atoms with van der Waals surface area (Å²) in [7, 11) is 0. The molecule has 12 heteroatoms. The van der Waals surface area contributed by atoms with E-state index in [9.17, 15) is 27.6 Å². The van der Waals surface area contributed by atoms with Gasteiger partial charge in [-0.3, -0.25) is 9.59 Å². The van der Waals surface area contributed by atoms with Gasteiger partial charge >= 0.3 is 12.1 Å². The number of fused-ring (bicyclic) bond motifs is 3. The van der Waals surface area contributed by atoms with Crippen LogP contribution in [0.4, 0.5) is 18.2 Å². The van der Waals surface area contributed by atoms with Gasteiger partial charge in [-0.05, 0) is 44.7 Å². The molecule has 7 nitrogen and oxygen atoms in total. The second-order valence-corrected chi connectivity index (χ2v) is 10.2. The maximum Gasteiger partial charge on any atom is 0.433 e. The number of hydrogen-bond donors (Lipinski definition) is 1. The standard InChI is InChI=1S/C25H22F3N3O4S2/c1-4-35-23(34)18-12(2)20(13(3)32)37-22(18)29-17(33)11-36-24-30-19-15-8-6-5-7-14(15)9-10-16(19)21(31-24)25(26,27)28/h5-8H,4,9-11H2,1-3H3,(H,29,33). The number of carbonyl (C=O) groups excluding carboxylic acids is 3. The molecule has 0 spiro atoms. The van der Waals surface area contributed by atoms with Gasteiger partial charge in [-0.2, -0.15) is 13.2 Å². The average Bonchev–Trinajstić information content (AvgIpc) is 3.17. The number of nitrogens with zero attached hydrogens (tertiary/aromatic N) is 2. The summed E-state index contributed by atoms with van der Waals surface area (Å²) >= 11 is 1.70. The number of aromatic nitrogens is 2. The summed E-state index contributed by atoms with van der Waals surface area (Å²) in [5.41, 5.74) is 1.26. The fourth-order valence-electron chi connectivity index (χ4n) is 4.13. The second-order valence-electron chi connectivity index (χ2n) is 8.21. The molecule has 0 saturated heterocycles. The lowest BCUT2D eigenvalue weighted by molar-refractivity contribution is -0.142. The van der Waals surface area contributed by atoms with E-state index < -0.39 is 23.7 Å². The van der Waals surface area contributed by atoms with Crippen LogP contribution in [0.2, 0.25) is 0 Å². The number of ketones is 1. The molecule has 2 aromatic heterocycles. The maximum absolute atomic E-state index is 13.9. The van der Waals surface area contributed by atoms with Crippen molar-refractivity contribution in [2.75, 3.05) is 17.7 Å². The molecule has 37 heavy (non-hydrogen) atoms. The first-order valence-electron chi connectivity index (χ1n) is 11.3. The number of carbonyl (C=O) groups is 3. The Morgan fingerprint density at radius 3 is 2.57 bits per heavy atom. The van der Waals surface area contributed by atoms with Crippen LogP contribution in [0.15, 0.2) is 29.4 Å². The van der Waals surface area contributed by atoms with Gasteiger partial charge < -0.3 is 10.1 Å². The fraction of sp³-hybridized carbons (Fsp3) is 0.320. The van der Waals surface area contributed by atoms with Gasteiger partial charge in [-0.1, -0.05) is 36.0 Å². The number of Topliss-reactive ketones (excluding diaryl/α,β-unsaturated/α-hetero) is 1. The number of halogens is 3. The number of thiophene rings is 1. The van der Waals surface area contributed by atoms with E-state index in [4.69, 9.17) is 4.74 Å². The van der Waals surface area contributed by atoms with Crippen LogP contribution in [-0.2, 0) is 28.5 Å². The van der Waals surface area contributed by atoms with E-state index >= 15 is 0 Å². The summed E-state index contributed by atoms with van der Waals surface area (Å²) in [4.78, 5) is 45.6. The number of benzene rings is 1. The molecule has 3 aromatic rings. The predicted molar refractivity (Wildman–Crippen MR) is 134 cm³/mol. The molecule has 0 unspecified atom stereocenters. The van der Waals surface area contributed by atoms with Crippen LogP contribution in [-0.4, -0.2) is 40.0 Å². The van der Waals surface area contributed by atoms with Gasteiger partial charge in [0.15, 0.2) is 16.6 Å². The highest BCUT2D eigenvalue weighted by Crippen LogP contribution is 2.40. The highest BCUT2D eigenvalue weighted by molar-refractivity contribution is 7.99. The van der Waals surface area contributed by atoms with Crippen molar-refractivity contribution in [2.24, 2.45) is 0 Å². The molecule has 0 aliphatic heterocycles. The van der Waals surface area contributed by atoms with Crippen LogP contribution < -0.4 is 5.32 Å². The molecule has 0 saturated carbocycles. The Kier molecular flexibility index (Phi) is 7.69. The molecule has 0 bridgehead atoms. The Bertz CT molecular complexity index is 1400. The third kappa shape index (κ3) is 5.54. The Balaban J connectivity index is 1.60. The van der Waals surface area contributed by atoms with Gasteiger partial charge in [-0.15, -0.1) is 11.3 Å². The van der Waals surface area contributed by atoms with E-state index in [-0.39, 0.29) is 51.5 Å². The number of esters is 1. The molecule has 1 aliphatic rings. The molecule has 194 valence electrons. The quantitative estimate of drug-likeness (QED) is 0.174. The number of nitrogens with one attached hydrogen (secondary N) is 1. The van der Waals surface area contributed by atoms with Crippen molar-refractivity contribution in [3.63, 3.8) is 0 Å². The minimum Gasteiger partial charge on any atom is -0.462 e. The predicted octanol–water partition coefficient (Wildman–Crippen LogP) is 5.74. The van der Waals surface area contributed by atoms with Crippen molar-refractivity contribution in [1.29, 1.82) is 0 Å². The van der Waals surface area contributed by atoms with Gasteiger partial charge in [0.2, 0.25) is 5.91 Å². The highest BCUT2D eigenvalue weighted by atomic mass is 32.2. The topological polar surface area (TPSA) is 98.2 Å². The molecule has 2 heterocycles. The van der Waals surface area contributed by atoms with Gasteiger partial charge in [0.1, 0.15) is 5.00 Å². The molecule has 1 aliphatic carbocycles.